The van der Waals surface area contributed by atoms with Crippen LogP contribution in [0.3, 0.4) is 0 Å². The molecule has 1 heterocycles. The molecule has 7 nitrogen and oxygen atoms in total. The van der Waals surface area contributed by atoms with Crippen LogP contribution in [-0.2, 0) is 26.9 Å². The highest BCUT2D eigenvalue weighted by Crippen LogP contribution is 2.17. The van der Waals surface area contributed by atoms with E-state index < -0.39 is 27.4 Å². The van der Waals surface area contributed by atoms with E-state index in [0.29, 0.717) is 11.3 Å². The van der Waals surface area contributed by atoms with Crippen molar-refractivity contribution < 1.29 is 22.4 Å². The highest BCUT2D eigenvalue weighted by Gasteiger charge is 2.19. The highest BCUT2D eigenvalue weighted by molar-refractivity contribution is 9.10. The number of nitrogens with one attached hydrogen (secondary N) is 2. The summed E-state index contributed by atoms with van der Waals surface area (Å²) in [6.45, 7) is 0.190. The van der Waals surface area contributed by atoms with Crippen LogP contribution in [0.5, 0.6) is 0 Å². The van der Waals surface area contributed by atoms with Crippen LogP contribution >= 0.6 is 15.9 Å². The van der Waals surface area contributed by atoms with Crippen LogP contribution in [0.4, 0.5) is 5.69 Å². The second-order valence-corrected chi connectivity index (χ2v) is 9.49. The normalized spacial score (nSPS) is 11.1. The van der Waals surface area contributed by atoms with Crippen molar-refractivity contribution in [2.24, 2.45) is 0 Å². The summed E-state index contributed by atoms with van der Waals surface area (Å²) in [7, 11) is -3.68. The van der Waals surface area contributed by atoms with Gasteiger partial charge < -0.3 is 15.1 Å². The summed E-state index contributed by atoms with van der Waals surface area (Å²) in [5.41, 5.74) is 1.05. The first-order valence-corrected chi connectivity index (χ1v) is 11.6. The van der Waals surface area contributed by atoms with Crippen LogP contribution in [0.25, 0.3) is 0 Å². The standard InChI is InChI=1S/C21H19BrN2O5S/c22-16-9-7-15(8-10-16)13-30(27,28)14-20(25)24-19-6-2-1-5-18(19)21(26)23-12-17-4-3-11-29-17/h1-11H,12-14H2,(H,23,26)(H,24,25). The molecule has 2 N–H and O–H groups in total. The molecule has 0 unspecified atom stereocenters. The Hall–Kier alpha value is -2.91. The lowest BCUT2D eigenvalue weighted by atomic mass is 10.1. The van der Waals surface area contributed by atoms with Gasteiger partial charge in [0, 0.05) is 4.47 Å². The molecule has 3 rings (SSSR count). The Kier molecular flexibility index (Phi) is 7.07. The number of para-hydroxylation sites is 1. The summed E-state index contributed by atoms with van der Waals surface area (Å²) in [6, 6.07) is 16.7. The van der Waals surface area contributed by atoms with E-state index in [1.54, 1.807) is 60.7 Å². The summed E-state index contributed by atoms with van der Waals surface area (Å²) in [5.74, 6) is -1.48. The van der Waals surface area contributed by atoms with Gasteiger partial charge in [0.1, 0.15) is 11.5 Å². The summed E-state index contributed by atoms with van der Waals surface area (Å²) in [5, 5.41) is 5.22. The van der Waals surface area contributed by atoms with Gasteiger partial charge in [-0.25, -0.2) is 8.42 Å². The molecular formula is C21H19BrN2O5S. The van der Waals surface area contributed by atoms with Gasteiger partial charge in [-0.05, 0) is 42.0 Å². The molecule has 0 spiro atoms. The molecule has 0 bridgehead atoms. The van der Waals surface area contributed by atoms with Crippen molar-refractivity contribution in [2.75, 3.05) is 11.1 Å². The van der Waals surface area contributed by atoms with Crippen LogP contribution in [0.15, 0.2) is 75.8 Å². The molecule has 0 radical (unpaired) electrons. The number of rotatable bonds is 8. The van der Waals surface area contributed by atoms with Crippen molar-refractivity contribution in [3.63, 3.8) is 0 Å². The lowest BCUT2D eigenvalue weighted by Gasteiger charge is -2.11. The Bertz CT molecular complexity index is 1130. The zero-order valence-corrected chi connectivity index (χ0v) is 18.2. The largest absolute Gasteiger partial charge is 0.467 e. The lowest BCUT2D eigenvalue weighted by Crippen LogP contribution is -2.27. The van der Waals surface area contributed by atoms with Crippen LogP contribution in [0, 0.1) is 0 Å². The minimum absolute atomic E-state index is 0.190. The molecule has 2 aromatic carbocycles. The topological polar surface area (TPSA) is 105 Å². The van der Waals surface area contributed by atoms with Crippen molar-refractivity contribution in [3.8, 4) is 0 Å². The Labute approximate surface area is 182 Å². The molecule has 2 amide bonds. The molecule has 0 fully saturated rings. The molecule has 1 aromatic heterocycles. The second-order valence-electron chi connectivity index (χ2n) is 6.51. The molecule has 0 aliphatic carbocycles. The van der Waals surface area contributed by atoms with Crippen LogP contribution < -0.4 is 10.6 Å². The molecule has 0 saturated carbocycles. The maximum Gasteiger partial charge on any atom is 0.253 e. The molecule has 0 saturated heterocycles. The zero-order chi connectivity index (χ0) is 21.6. The molecule has 0 aliphatic rings. The summed E-state index contributed by atoms with van der Waals surface area (Å²) >= 11 is 3.29. The van der Waals surface area contributed by atoms with E-state index in [1.807, 2.05) is 0 Å². The number of benzene rings is 2. The van der Waals surface area contributed by atoms with E-state index in [2.05, 4.69) is 26.6 Å². The van der Waals surface area contributed by atoms with E-state index >= 15 is 0 Å². The second kappa shape index (κ2) is 9.73. The van der Waals surface area contributed by atoms with E-state index in [9.17, 15) is 18.0 Å². The van der Waals surface area contributed by atoms with E-state index in [4.69, 9.17) is 4.42 Å². The average Bonchev–Trinajstić information content (AvgIpc) is 3.21. The first-order chi connectivity index (χ1) is 14.3. The lowest BCUT2D eigenvalue weighted by molar-refractivity contribution is -0.113. The first kappa shape index (κ1) is 21.8. The van der Waals surface area contributed by atoms with Gasteiger partial charge in [-0.3, -0.25) is 9.59 Å². The van der Waals surface area contributed by atoms with Gasteiger partial charge >= 0.3 is 0 Å². The van der Waals surface area contributed by atoms with Crippen molar-refractivity contribution in [3.05, 3.63) is 88.3 Å². The summed E-state index contributed by atoms with van der Waals surface area (Å²) in [6.07, 6.45) is 1.50. The number of carbonyl (C=O) groups excluding carboxylic acids is 2. The molecule has 156 valence electrons. The third-order valence-corrected chi connectivity index (χ3v) is 6.10. The maximum absolute atomic E-state index is 12.5. The minimum atomic E-state index is -3.68. The molecule has 0 atom stereocenters. The fourth-order valence-electron chi connectivity index (χ4n) is 2.74. The van der Waals surface area contributed by atoms with Gasteiger partial charge in [0.2, 0.25) is 5.91 Å². The highest BCUT2D eigenvalue weighted by atomic mass is 79.9. The van der Waals surface area contributed by atoms with Gasteiger partial charge in [-0.2, -0.15) is 0 Å². The Balaban J connectivity index is 1.63. The van der Waals surface area contributed by atoms with Gasteiger partial charge in [0.15, 0.2) is 9.84 Å². The number of anilines is 1. The van der Waals surface area contributed by atoms with Gasteiger partial charge in [-0.1, -0.05) is 40.2 Å². The number of halogens is 1. The predicted octanol–water partition coefficient (Wildman–Crippen LogP) is 3.53. The fourth-order valence-corrected chi connectivity index (χ4v) is 4.28. The van der Waals surface area contributed by atoms with Crippen molar-refractivity contribution in [1.29, 1.82) is 0 Å². The molecule has 30 heavy (non-hydrogen) atoms. The smallest absolute Gasteiger partial charge is 0.253 e. The SMILES string of the molecule is O=C(CS(=O)(=O)Cc1ccc(Br)cc1)Nc1ccccc1C(=O)NCc1ccco1. The Morgan fingerprint density at radius 2 is 1.70 bits per heavy atom. The molecule has 9 heteroatoms. The maximum atomic E-state index is 12.5. The van der Waals surface area contributed by atoms with Crippen LogP contribution in [-0.4, -0.2) is 26.0 Å². The molecule has 0 aliphatic heterocycles. The quantitative estimate of drug-likeness (QED) is 0.502. The summed E-state index contributed by atoms with van der Waals surface area (Å²) in [4.78, 5) is 24.8. The number of hydrogen-bond donors (Lipinski definition) is 2. The van der Waals surface area contributed by atoms with Crippen molar-refractivity contribution >= 4 is 43.3 Å². The van der Waals surface area contributed by atoms with E-state index in [-0.39, 0.29) is 23.5 Å². The Morgan fingerprint density at radius 1 is 0.967 bits per heavy atom. The number of carbonyl (C=O) groups is 2. The number of hydrogen-bond acceptors (Lipinski definition) is 5. The molecular weight excluding hydrogens is 472 g/mol. The monoisotopic (exact) mass is 490 g/mol. The first-order valence-electron chi connectivity index (χ1n) is 8.97. The fraction of sp³-hybridized carbons (Fsp3) is 0.143. The minimum Gasteiger partial charge on any atom is -0.467 e. The number of furan rings is 1. The average molecular weight is 491 g/mol. The zero-order valence-electron chi connectivity index (χ0n) is 15.8. The van der Waals surface area contributed by atoms with Gasteiger partial charge in [-0.15, -0.1) is 0 Å². The van der Waals surface area contributed by atoms with E-state index in [1.165, 1.54) is 6.26 Å². The van der Waals surface area contributed by atoms with Gasteiger partial charge in [0.25, 0.3) is 5.91 Å². The van der Waals surface area contributed by atoms with Crippen LogP contribution in [0.1, 0.15) is 21.7 Å². The Morgan fingerprint density at radius 3 is 2.40 bits per heavy atom. The number of amides is 2. The third-order valence-electron chi connectivity index (χ3n) is 4.10. The summed E-state index contributed by atoms with van der Waals surface area (Å²) < 4.78 is 30.8. The number of sulfone groups is 1. The van der Waals surface area contributed by atoms with Crippen molar-refractivity contribution in [2.45, 2.75) is 12.3 Å². The van der Waals surface area contributed by atoms with E-state index in [0.717, 1.165) is 4.47 Å². The van der Waals surface area contributed by atoms with Crippen LogP contribution in [0.2, 0.25) is 0 Å². The van der Waals surface area contributed by atoms with Crippen molar-refractivity contribution in [1.82, 2.24) is 5.32 Å². The third kappa shape index (κ3) is 6.30. The van der Waals surface area contributed by atoms with Gasteiger partial charge in [0.05, 0.1) is 29.8 Å². The predicted molar refractivity (Wildman–Crippen MR) is 117 cm³/mol. The molecule has 3 aromatic rings.